The minimum atomic E-state index is 0.440. The summed E-state index contributed by atoms with van der Waals surface area (Å²) in [6.45, 7) is 6.25. The van der Waals surface area contributed by atoms with E-state index < -0.39 is 0 Å². The molecule has 3 N–H and O–H groups in total. The van der Waals surface area contributed by atoms with Crippen molar-refractivity contribution < 1.29 is 0 Å². The van der Waals surface area contributed by atoms with Crippen molar-refractivity contribution >= 4 is 0 Å². The monoisotopic (exact) mass is 224 g/mol. The van der Waals surface area contributed by atoms with E-state index in [2.05, 4.69) is 18.9 Å². The first-order valence-corrected chi connectivity index (χ1v) is 6.89. The molecular formula is C14H28N2. The lowest BCUT2D eigenvalue weighted by Gasteiger charge is -2.22. The molecule has 1 fully saturated rings. The Bertz CT molecular complexity index is 193. The summed E-state index contributed by atoms with van der Waals surface area (Å²) in [6, 6.07) is 0.440. The fourth-order valence-corrected chi connectivity index (χ4v) is 2.71. The smallest absolute Gasteiger partial charge is 0.0250 e. The molecule has 1 unspecified atom stereocenters. The molecule has 2 nitrogen and oxygen atoms in total. The SMILES string of the molecule is C=C(CC)CC(CC1CCCCCC1)NN. The van der Waals surface area contributed by atoms with Crippen LogP contribution in [0.5, 0.6) is 0 Å². The van der Waals surface area contributed by atoms with Gasteiger partial charge in [-0.1, -0.05) is 57.6 Å². The van der Waals surface area contributed by atoms with Crippen LogP contribution in [0.15, 0.2) is 12.2 Å². The van der Waals surface area contributed by atoms with Gasteiger partial charge in [0.15, 0.2) is 0 Å². The molecule has 94 valence electrons. The average Bonchev–Trinajstić information content (AvgIpc) is 2.56. The van der Waals surface area contributed by atoms with E-state index in [9.17, 15) is 0 Å². The van der Waals surface area contributed by atoms with E-state index in [4.69, 9.17) is 5.84 Å². The predicted octanol–water partition coefficient (Wildman–Crippen LogP) is 3.54. The highest BCUT2D eigenvalue weighted by Gasteiger charge is 2.17. The third-order valence-electron chi connectivity index (χ3n) is 3.86. The summed E-state index contributed by atoms with van der Waals surface area (Å²) in [6.07, 6.45) is 11.8. The van der Waals surface area contributed by atoms with Crippen LogP contribution in [0, 0.1) is 5.92 Å². The molecule has 0 aromatic carbocycles. The number of hydrogen-bond donors (Lipinski definition) is 2. The highest BCUT2D eigenvalue weighted by atomic mass is 15.2. The van der Waals surface area contributed by atoms with E-state index in [1.165, 1.54) is 50.5 Å². The zero-order chi connectivity index (χ0) is 11.8. The van der Waals surface area contributed by atoms with Crippen LogP contribution in [-0.2, 0) is 0 Å². The summed E-state index contributed by atoms with van der Waals surface area (Å²) < 4.78 is 0. The largest absolute Gasteiger partial charge is 0.271 e. The van der Waals surface area contributed by atoms with Crippen LogP contribution in [-0.4, -0.2) is 6.04 Å². The first kappa shape index (κ1) is 13.7. The van der Waals surface area contributed by atoms with Gasteiger partial charge in [0.25, 0.3) is 0 Å². The highest BCUT2D eigenvalue weighted by Crippen LogP contribution is 2.27. The second-order valence-corrected chi connectivity index (χ2v) is 5.26. The molecule has 0 aromatic rings. The first-order chi connectivity index (χ1) is 7.76. The quantitative estimate of drug-likeness (QED) is 0.313. The summed E-state index contributed by atoms with van der Waals surface area (Å²) in [5.41, 5.74) is 4.29. The van der Waals surface area contributed by atoms with Gasteiger partial charge in [0.1, 0.15) is 0 Å². The number of hydrazine groups is 1. The highest BCUT2D eigenvalue weighted by molar-refractivity contribution is 4.96. The van der Waals surface area contributed by atoms with Crippen molar-refractivity contribution in [3.8, 4) is 0 Å². The summed E-state index contributed by atoms with van der Waals surface area (Å²) in [5, 5.41) is 0. The first-order valence-electron chi connectivity index (χ1n) is 6.89. The molecule has 0 aromatic heterocycles. The lowest BCUT2D eigenvalue weighted by Crippen LogP contribution is -2.36. The van der Waals surface area contributed by atoms with Crippen molar-refractivity contribution in [2.45, 2.75) is 70.8 Å². The fraction of sp³-hybridized carbons (Fsp3) is 0.857. The van der Waals surface area contributed by atoms with E-state index in [0.717, 1.165) is 18.8 Å². The molecule has 0 bridgehead atoms. The third-order valence-corrected chi connectivity index (χ3v) is 3.86. The van der Waals surface area contributed by atoms with Crippen molar-refractivity contribution in [3.63, 3.8) is 0 Å². The van der Waals surface area contributed by atoms with Crippen molar-refractivity contribution in [1.82, 2.24) is 5.43 Å². The predicted molar refractivity (Wildman–Crippen MR) is 71.0 cm³/mol. The summed E-state index contributed by atoms with van der Waals surface area (Å²) >= 11 is 0. The second-order valence-electron chi connectivity index (χ2n) is 5.26. The topological polar surface area (TPSA) is 38.0 Å². The number of nitrogens with two attached hydrogens (primary N) is 1. The average molecular weight is 224 g/mol. The summed E-state index contributed by atoms with van der Waals surface area (Å²) in [4.78, 5) is 0. The Labute approximate surface area is 101 Å². The van der Waals surface area contributed by atoms with Crippen molar-refractivity contribution in [2.75, 3.05) is 0 Å². The van der Waals surface area contributed by atoms with E-state index in [-0.39, 0.29) is 0 Å². The Kier molecular flexibility index (Phi) is 6.74. The van der Waals surface area contributed by atoms with Crippen LogP contribution in [0.1, 0.15) is 64.7 Å². The normalized spacial score (nSPS) is 20.4. The van der Waals surface area contributed by atoms with E-state index in [0.29, 0.717) is 6.04 Å². The van der Waals surface area contributed by atoms with Gasteiger partial charge in [-0.15, -0.1) is 0 Å². The molecule has 1 aliphatic carbocycles. The van der Waals surface area contributed by atoms with Gasteiger partial charge in [-0.25, -0.2) is 0 Å². The fourth-order valence-electron chi connectivity index (χ4n) is 2.71. The van der Waals surface area contributed by atoms with Crippen LogP contribution >= 0.6 is 0 Å². The van der Waals surface area contributed by atoms with Gasteiger partial charge in [-0.05, 0) is 25.2 Å². The molecule has 0 radical (unpaired) electrons. The zero-order valence-corrected chi connectivity index (χ0v) is 10.8. The van der Waals surface area contributed by atoms with Crippen molar-refractivity contribution in [1.29, 1.82) is 0 Å². The molecule has 0 amide bonds. The molecule has 16 heavy (non-hydrogen) atoms. The number of nitrogens with one attached hydrogen (secondary N) is 1. The van der Waals surface area contributed by atoms with Crippen LogP contribution in [0.3, 0.4) is 0 Å². The van der Waals surface area contributed by atoms with Crippen LogP contribution in [0.25, 0.3) is 0 Å². The summed E-state index contributed by atoms with van der Waals surface area (Å²) in [5.74, 6) is 6.52. The zero-order valence-electron chi connectivity index (χ0n) is 10.8. The molecular weight excluding hydrogens is 196 g/mol. The van der Waals surface area contributed by atoms with Crippen molar-refractivity contribution in [2.24, 2.45) is 11.8 Å². The lowest BCUT2D eigenvalue weighted by atomic mass is 9.90. The van der Waals surface area contributed by atoms with E-state index >= 15 is 0 Å². The van der Waals surface area contributed by atoms with Gasteiger partial charge in [0, 0.05) is 6.04 Å². The Morgan fingerprint density at radius 1 is 1.31 bits per heavy atom. The molecule has 1 atom stereocenters. The van der Waals surface area contributed by atoms with Crippen LogP contribution in [0.4, 0.5) is 0 Å². The molecule has 0 saturated heterocycles. The minimum absolute atomic E-state index is 0.440. The Hall–Kier alpha value is -0.340. The van der Waals surface area contributed by atoms with E-state index in [1.54, 1.807) is 0 Å². The Balaban J connectivity index is 2.32. The molecule has 0 aliphatic heterocycles. The lowest BCUT2D eigenvalue weighted by molar-refractivity contribution is 0.351. The van der Waals surface area contributed by atoms with Crippen molar-refractivity contribution in [3.05, 3.63) is 12.2 Å². The standard InChI is InChI=1S/C14H28N2/c1-3-12(2)10-14(16-15)11-13-8-6-4-5-7-9-13/h13-14,16H,2-11,15H2,1H3. The Morgan fingerprint density at radius 3 is 2.44 bits per heavy atom. The van der Waals surface area contributed by atoms with Gasteiger partial charge < -0.3 is 0 Å². The van der Waals surface area contributed by atoms with Gasteiger partial charge in [0.05, 0.1) is 0 Å². The van der Waals surface area contributed by atoms with Gasteiger partial charge in [0.2, 0.25) is 0 Å². The van der Waals surface area contributed by atoms with Gasteiger partial charge >= 0.3 is 0 Å². The molecule has 1 saturated carbocycles. The second kappa shape index (κ2) is 7.86. The minimum Gasteiger partial charge on any atom is -0.271 e. The third kappa shape index (κ3) is 5.13. The van der Waals surface area contributed by atoms with Gasteiger partial charge in [-0.3, -0.25) is 11.3 Å². The summed E-state index contributed by atoms with van der Waals surface area (Å²) in [7, 11) is 0. The number of rotatable bonds is 6. The molecule has 0 heterocycles. The maximum absolute atomic E-state index is 5.64. The maximum Gasteiger partial charge on any atom is 0.0250 e. The Morgan fingerprint density at radius 2 is 1.94 bits per heavy atom. The molecule has 2 heteroatoms. The van der Waals surface area contributed by atoms with Gasteiger partial charge in [-0.2, -0.15) is 0 Å². The van der Waals surface area contributed by atoms with Crippen LogP contribution < -0.4 is 11.3 Å². The molecule has 1 aliphatic rings. The molecule has 1 rings (SSSR count). The molecule has 0 spiro atoms. The van der Waals surface area contributed by atoms with E-state index in [1.807, 2.05) is 0 Å². The van der Waals surface area contributed by atoms with Crippen LogP contribution in [0.2, 0.25) is 0 Å². The number of hydrogen-bond acceptors (Lipinski definition) is 2. The maximum atomic E-state index is 5.64.